The molecule has 0 spiro atoms. The second-order valence-electron chi connectivity index (χ2n) is 7.98. The fraction of sp³-hybridized carbons (Fsp3) is 0.409. The van der Waals surface area contributed by atoms with Gasteiger partial charge in [-0.1, -0.05) is 12.1 Å². The number of piperazine rings is 1. The number of morpholine rings is 1. The second-order valence-corrected chi connectivity index (χ2v) is 7.98. The maximum absolute atomic E-state index is 12.8. The predicted molar refractivity (Wildman–Crippen MR) is 116 cm³/mol. The molecule has 10 heteroatoms. The molecule has 0 unspecified atom stereocenters. The van der Waals surface area contributed by atoms with Crippen molar-refractivity contribution in [1.29, 1.82) is 0 Å². The van der Waals surface area contributed by atoms with Gasteiger partial charge in [0.2, 0.25) is 5.91 Å². The monoisotopic (exact) mass is 436 g/mol. The van der Waals surface area contributed by atoms with Crippen molar-refractivity contribution in [2.24, 2.45) is 0 Å². The quantitative estimate of drug-likeness (QED) is 0.630. The van der Waals surface area contributed by atoms with Crippen molar-refractivity contribution >= 4 is 29.2 Å². The number of benzene rings is 1. The van der Waals surface area contributed by atoms with E-state index < -0.39 is 11.8 Å². The summed E-state index contributed by atoms with van der Waals surface area (Å²) in [4.78, 5) is 44.9. The van der Waals surface area contributed by atoms with Crippen LogP contribution in [0.15, 0.2) is 36.5 Å². The van der Waals surface area contributed by atoms with E-state index in [1.54, 1.807) is 35.4 Å². The Morgan fingerprint density at radius 3 is 2.22 bits per heavy atom. The molecule has 3 aliphatic rings. The number of carbonyl (C=O) groups is 3. The first-order valence-electron chi connectivity index (χ1n) is 10.8. The van der Waals surface area contributed by atoms with Crippen LogP contribution in [0.4, 0.5) is 11.5 Å². The van der Waals surface area contributed by atoms with Gasteiger partial charge in [0, 0.05) is 45.3 Å². The number of nitrogens with zero attached hydrogens (tertiary/aromatic N) is 6. The number of amides is 3. The van der Waals surface area contributed by atoms with Crippen LogP contribution in [-0.4, -0.2) is 96.7 Å². The molecule has 2 fully saturated rings. The van der Waals surface area contributed by atoms with E-state index in [1.165, 1.54) is 0 Å². The third-order valence-corrected chi connectivity index (χ3v) is 6.13. The van der Waals surface area contributed by atoms with Crippen LogP contribution in [-0.2, 0) is 9.53 Å². The summed E-state index contributed by atoms with van der Waals surface area (Å²) < 4.78 is 5.40. The topological polar surface area (TPSA) is 99.2 Å². The molecule has 32 heavy (non-hydrogen) atoms. The van der Waals surface area contributed by atoms with Gasteiger partial charge in [0.25, 0.3) is 11.8 Å². The Morgan fingerprint density at radius 2 is 1.56 bits per heavy atom. The van der Waals surface area contributed by atoms with Crippen molar-refractivity contribution in [3.05, 3.63) is 47.7 Å². The molecule has 0 aliphatic carbocycles. The number of ether oxygens (including phenoxy) is 1. The molecule has 2 aromatic rings. The summed E-state index contributed by atoms with van der Waals surface area (Å²) in [5, 5.41) is 8.41. The van der Waals surface area contributed by atoms with Gasteiger partial charge in [-0.05, 0) is 12.1 Å². The zero-order valence-corrected chi connectivity index (χ0v) is 17.6. The highest BCUT2D eigenvalue weighted by atomic mass is 16.5. The van der Waals surface area contributed by atoms with Crippen LogP contribution in [0.25, 0.3) is 0 Å². The van der Waals surface area contributed by atoms with Crippen LogP contribution in [0, 0.1) is 0 Å². The van der Waals surface area contributed by atoms with Crippen LogP contribution in [0.1, 0.15) is 20.7 Å². The maximum atomic E-state index is 12.8. The lowest BCUT2D eigenvalue weighted by Crippen LogP contribution is -2.52. The summed E-state index contributed by atoms with van der Waals surface area (Å²) in [6.45, 7) is 5.01. The second kappa shape index (κ2) is 8.54. The van der Waals surface area contributed by atoms with E-state index in [0.29, 0.717) is 50.5 Å². The Kier molecular flexibility index (Phi) is 5.44. The summed E-state index contributed by atoms with van der Waals surface area (Å²) >= 11 is 0. The molecular weight excluding hydrogens is 412 g/mol. The third kappa shape index (κ3) is 3.77. The maximum Gasteiger partial charge on any atom is 0.262 e. The molecular formula is C22H24N6O4. The van der Waals surface area contributed by atoms with E-state index >= 15 is 0 Å². The van der Waals surface area contributed by atoms with E-state index in [1.807, 2.05) is 6.07 Å². The highest BCUT2D eigenvalue weighted by molar-refractivity contribution is 6.22. The first kappa shape index (κ1) is 20.4. The Bertz CT molecular complexity index is 1010. The van der Waals surface area contributed by atoms with E-state index in [4.69, 9.17) is 4.74 Å². The number of rotatable bonds is 4. The normalized spacial score (nSPS) is 18.9. The van der Waals surface area contributed by atoms with Gasteiger partial charge in [-0.3, -0.25) is 19.3 Å². The molecule has 3 aliphatic heterocycles. The van der Waals surface area contributed by atoms with Crippen molar-refractivity contribution in [3.8, 4) is 0 Å². The molecule has 0 bridgehead atoms. The van der Waals surface area contributed by atoms with Crippen molar-refractivity contribution < 1.29 is 19.1 Å². The molecule has 4 heterocycles. The molecule has 3 amide bonds. The van der Waals surface area contributed by atoms with Crippen molar-refractivity contribution in [2.45, 2.75) is 0 Å². The molecule has 0 atom stereocenters. The highest BCUT2D eigenvalue weighted by Crippen LogP contribution is 2.23. The standard InChI is InChI=1S/C22H24N6O4/c29-20(15-28-21(30)17-3-1-2-4-18(17)22(28)31)27-7-5-25(6-8-27)16-13-19(24-23-14-16)26-9-11-32-12-10-26/h1-4,13-14H,5-12,15H2. The van der Waals surface area contributed by atoms with E-state index in [2.05, 4.69) is 20.0 Å². The zero-order chi connectivity index (χ0) is 22.1. The minimum absolute atomic E-state index is 0.221. The van der Waals surface area contributed by atoms with Gasteiger partial charge in [-0.2, -0.15) is 5.10 Å². The number of aromatic nitrogens is 2. The van der Waals surface area contributed by atoms with Crippen LogP contribution in [0.3, 0.4) is 0 Å². The Labute approximate surface area is 185 Å². The van der Waals surface area contributed by atoms with Crippen molar-refractivity contribution in [3.63, 3.8) is 0 Å². The van der Waals surface area contributed by atoms with Gasteiger partial charge >= 0.3 is 0 Å². The molecule has 2 saturated heterocycles. The molecule has 0 radical (unpaired) electrons. The number of hydrogen-bond donors (Lipinski definition) is 0. The summed E-state index contributed by atoms with van der Waals surface area (Å²) in [7, 11) is 0. The highest BCUT2D eigenvalue weighted by Gasteiger charge is 2.37. The molecule has 166 valence electrons. The summed E-state index contributed by atoms with van der Waals surface area (Å²) in [5.74, 6) is -0.205. The van der Waals surface area contributed by atoms with Gasteiger partial charge in [-0.25, -0.2) is 0 Å². The fourth-order valence-corrected chi connectivity index (χ4v) is 4.30. The number of anilines is 2. The lowest BCUT2D eigenvalue weighted by Gasteiger charge is -2.36. The van der Waals surface area contributed by atoms with Crippen molar-refractivity contribution in [1.82, 2.24) is 20.0 Å². The van der Waals surface area contributed by atoms with Crippen LogP contribution in [0.5, 0.6) is 0 Å². The van der Waals surface area contributed by atoms with Gasteiger partial charge < -0.3 is 19.4 Å². The number of hydrogen-bond acceptors (Lipinski definition) is 8. The molecule has 1 aromatic heterocycles. The summed E-state index contributed by atoms with van der Waals surface area (Å²) in [6, 6.07) is 8.69. The van der Waals surface area contributed by atoms with Gasteiger partial charge in [0.15, 0.2) is 5.82 Å². The third-order valence-electron chi connectivity index (χ3n) is 6.13. The van der Waals surface area contributed by atoms with Crippen LogP contribution < -0.4 is 9.80 Å². The van der Waals surface area contributed by atoms with Gasteiger partial charge in [0.1, 0.15) is 6.54 Å². The minimum Gasteiger partial charge on any atom is -0.378 e. The lowest BCUT2D eigenvalue weighted by molar-refractivity contribution is -0.131. The average Bonchev–Trinajstić information content (AvgIpc) is 3.10. The number of fused-ring (bicyclic) bond motifs is 1. The van der Waals surface area contributed by atoms with Crippen LogP contribution >= 0.6 is 0 Å². The van der Waals surface area contributed by atoms with E-state index in [9.17, 15) is 14.4 Å². The Hall–Kier alpha value is -3.53. The molecule has 10 nitrogen and oxygen atoms in total. The first-order valence-corrected chi connectivity index (χ1v) is 10.8. The number of carbonyl (C=O) groups excluding carboxylic acids is 3. The molecule has 5 rings (SSSR count). The van der Waals surface area contributed by atoms with Crippen LogP contribution in [0.2, 0.25) is 0 Å². The van der Waals surface area contributed by atoms with E-state index in [0.717, 1.165) is 29.5 Å². The summed E-state index contributed by atoms with van der Waals surface area (Å²) in [5.41, 5.74) is 1.68. The van der Waals surface area contributed by atoms with Gasteiger partial charge in [0.05, 0.1) is 36.2 Å². The SMILES string of the molecule is O=C(CN1C(=O)c2ccccc2C1=O)N1CCN(c2cnnc(N3CCOCC3)c2)CC1. The fourth-order valence-electron chi connectivity index (χ4n) is 4.30. The molecule has 0 saturated carbocycles. The van der Waals surface area contributed by atoms with E-state index in [-0.39, 0.29) is 12.5 Å². The summed E-state index contributed by atoms with van der Waals surface area (Å²) in [6.07, 6.45) is 1.74. The predicted octanol–water partition coefficient (Wildman–Crippen LogP) is 0.258. The largest absolute Gasteiger partial charge is 0.378 e. The number of imide groups is 1. The zero-order valence-electron chi connectivity index (χ0n) is 17.6. The van der Waals surface area contributed by atoms with Crippen molar-refractivity contribution in [2.75, 3.05) is 68.8 Å². The average molecular weight is 436 g/mol. The van der Waals surface area contributed by atoms with Gasteiger partial charge in [-0.15, -0.1) is 5.10 Å². The minimum atomic E-state index is -0.406. The molecule has 0 N–H and O–H groups in total. The lowest BCUT2D eigenvalue weighted by atomic mass is 10.1. The Balaban J connectivity index is 1.19. The first-order chi connectivity index (χ1) is 15.6. The Morgan fingerprint density at radius 1 is 0.906 bits per heavy atom. The molecule has 1 aromatic carbocycles. The smallest absolute Gasteiger partial charge is 0.262 e.